The van der Waals surface area contributed by atoms with Crippen LogP contribution in [0.3, 0.4) is 0 Å². The van der Waals surface area contributed by atoms with Crippen LogP contribution in [-0.2, 0) is 0 Å². The van der Waals surface area contributed by atoms with Crippen LogP contribution in [0.25, 0.3) is 0 Å². The predicted molar refractivity (Wildman–Crippen MR) is 72.8 cm³/mol. The normalized spacial score (nSPS) is 27.7. The second-order valence-corrected chi connectivity index (χ2v) is 5.70. The van der Waals surface area contributed by atoms with Gasteiger partial charge in [-0.3, -0.25) is 0 Å². The van der Waals surface area contributed by atoms with Gasteiger partial charge in [0.15, 0.2) is 0 Å². The van der Waals surface area contributed by atoms with Gasteiger partial charge in [-0.05, 0) is 30.4 Å². The first kappa shape index (κ1) is 13.4. The van der Waals surface area contributed by atoms with E-state index in [1.807, 2.05) is 18.2 Å². The number of aliphatic hydroxyl groups is 1. The molecule has 0 aromatic heterocycles. The molecule has 1 aliphatic rings. The molecular formula is C15H23NO2. The van der Waals surface area contributed by atoms with Gasteiger partial charge in [0, 0.05) is 12.0 Å². The Hall–Kier alpha value is -1.06. The molecule has 0 spiro atoms. The van der Waals surface area contributed by atoms with Crippen molar-refractivity contribution in [3.05, 3.63) is 29.8 Å². The van der Waals surface area contributed by atoms with E-state index in [2.05, 4.69) is 19.9 Å². The average molecular weight is 249 g/mol. The summed E-state index contributed by atoms with van der Waals surface area (Å²) in [6, 6.07) is 8.16. The summed E-state index contributed by atoms with van der Waals surface area (Å²) in [7, 11) is 0. The minimum absolute atomic E-state index is 0.0404. The molecule has 1 saturated carbocycles. The van der Waals surface area contributed by atoms with Crippen molar-refractivity contribution in [3.8, 4) is 5.75 Å². The summed E-state index contributed by atoms with van der Waals surface area (Å²) < 4.78 is 6.07. The highest BCUT2D eigenvalue weighted by molar-refractivity contribution is 5.35. The van der Waals surface area contributed by atoms with Crippen LogP contribution in [-0.4, -0.2) is 23.4 Å². The number of hydrogen-bond donors (Lipinski definition) is 2. The second-order valence-electron chi connectivity index (χ2n) is 5.70. The molecule has 3 heteroatoms. The summed E-state index contributed by atoms with van der Waals surface area (Å²) in [4.78, 5) is 0. The number of rotatable bonds is 4. The molecule has 0 aliphatic heterocycles. The first-order valence-electron chi connectivity index (χ1n) is 6.69. The van der Waals surface area contributed by atoms with Gasteiger partial charge in [0.1, 0.15) is 11.9 Å². The van der Waals surface area contributed by atoms with E-state index >= 15 is 0 Å². The van der Waals surface area contributed by atoms with Crippen LogP contribution in [0.15, 0.2) is 24.3 Å². The highest BCUT2D eigenvalue weighted by Gasteiger charge is 2.36. The number of para-hydroxylation sites is 1. The van der Waals surface area contributed by atoms with E-state index in [1.165, 1.54) is 5.56 Å². The summed E-state index contributed by atoms with van der Waals surface area (Å²) >= 11 is 0. The van der Waals surface area contributed by atoms with Crippen molar-refractivity contribution in [2.75, 3.05) is 6.61 Å². The smallest absolute Gasteiger partial charge is 0.123 e. The lowest BCUT2D eigenvalue weighted by molar-refractivity contribution is 0.164. The molecule has 0 radical (unpaired) electrons. The van der Waals surface area contributed by atoms with Gasteiger partial charge in [-0.2, -0.15) is 0 Å². The molecule has 0 bridgehead atoms. The van der Waals surface area contributed by atoms with E-state index in [4.69, 9.17) is 10.5 Å². The van der Waals surface area contributed by atoms with E-state index in [9.17, 15) is 5.11 Å². The van der Waals surface area contributed by atoms with E-state index < -0.39 is 5.54 Å². The van der Waals surface area contributed by atoms with Crippen molar-refractivity contribution in [1.29, 1.82) is 0 Å². The number of ether oxygens (including phenoxy) is 1. The topological polar surface area (TPSA) is 55.5 Å². The Balaban J connectivity index is 2.07. The van der Waals surface area contributed by atoms with Crippen molar-refractivity contribution < 1.29 is 9.84 Å². The Morgan fingerprint density at radius 3 is 2.78 bits per heavy atom. The largest absolute Gasteiger partial charge is 0.490 e. The Morgan fingerprint density at radius 2 is 2.17 bits per heavy atom. The van der Waals surface area contributed by atoms with Gasteiger partial charge in [-0.25, -0.2) is 0 Å². The number of hydrogen-bond acceptors (Lipinski definition) is 3. The summed E-state index contributed by atoms with van der Waals surface area (Å²) in [5, 5.41) is 9.27. The maximum atomic E-state index is 9.27. The number of aliphatic hydroxyl groups excluding tert-OH is 1. The molecule has 3 nitrogen and oxygen atoms in total. The van der Waals surface area contributed by atoms with Crippen LogP contribution >= 0.6 is 0 Å². The minimum atomic E-state index is -0.447. The van der Waals surface area contributed by atoms with Crippen molar-refractivity contribution in [2.24, 2.45) is 5.73 Å². The minimum Gasteiger partial charge on any atom is -0.490 e. The molecule has 18 heavy (non-hydrogen) atoms. The van der Waals surface area contributed by atoms with Gasteiger partial charge in [0.05, 0.1) is 6.61 Å². The maximum absolute atomic E-state index is 9.27. The van der Waals surface area contributed by atoms with Gasteiger partial charge >= 0.3 is 0 Å². The predicted octanol–water partition coefficient (Wildman–Crippen LogP) is 2.43. The molecule has 0 amide bonds. The fourth-order valence-corrected chi connectivity index (χ4v) is 2.59. The molecule has 0 saturated heterocycles. The van der Waals surface area contributed by atoms with Crippen LogP contribution in [0.2, 0.25) is 0 Å². The lowest BCUT2D eigenvalue weighted by Gasteiger charge is -2.22. The summed E-state index contributed by atoms with van der Waals surface area (Å²) in [5.41, 5.74) is 6.86. The molecule has 2 rings (SSSR count). The molecular weight excluding hydrogens is 226 g/mol. The van der Waals surface area contributed by atoms with Gasteiger partial charge in [-0.1, -0.05) is 32.0 Å². The van der Waals surface area contributed by atoms with Crippen LogP contribution in [0.1, 0.15) is 44.6 Å². The highest BCUT2D eigenvalue weighted by atomic mass is 16.5. The lowest BCUT2D eigenvalue weighted by Crippen LogP contribution is -2.41. The summed E-state index contributed by atoms with van der Waals surface area (Å²) in [6.07, 6.45) is 2.61. The molecule has 1 fully saturated rings. The summed E-state index contributed by atoms with van der Waals surface area (Å²) in [5.74, 6) is 1.41. The average Bonchev–Trinajstić information content (AvgIpc) is 2.72. The lowest BCUT2D eigenvalue weighted by atomic mass is 10.0. The zero-order valence-corrected chi connectivity index (χ0v) is 11.2. The summed E-state index contributed by atoms with van der Waals surface area (Å²) in [6.45, 7) is 4.37. The molecule has 1 aliphatic carbocycles. The third-order valence-electron chi connectivity index (χ3n) is 3.75. The van der Waals surface area contributed by atoms with Crippen molar-refractivity contribution in [3.63, 3.8) is 0 Å². The monoisotopic (exact) mass is 249 g/mol. The molecule has 3 N–H and O–H groups in total. The van der Waals surface area contributed by atoms with Gasteiger partial charge in [-0.15, -0.1) is 0 Å². The number of nitrogens with two attached hydrogens (primary N) is 1. The highest BCUT2D eigenvalue weighted by Crippen LogP contribution is 2.33. The first-order valence-corrected chi connectivity index (χ1v) is 6.69. The van der Waals surface area contributed by atoms with Crippen LogP contribution in [0.4, 0.5) is 0 Å². The molecule has 2 unspecified atom stereocenters. The van der Waals surface area contributed by atoms with E-state index in [-0.39, 0.29) is 12.7 Å². The Labute approximate surface area is 109 Å². The molecule has 2 atom stereocenters. The zero-order chi connectivity index (χ0) is 13.2. The first-order chi connectivity index (χ1) is 8.54. The van der Waals surface area contributed by atoms with Crippen molar-refractivity contribution >= 4 is 0 Å². The van der Waals surface area contributed by atoms with Gasteiger partial charge in [0.25, 0.3) is 0 Å². The Morgan fingerprint density at radius 1 is 1.44 bits per heavy atom. The standard InChI is InChI=1S/C15H23NO2/c1-11(2)13-5-3-4-6-14(13)18-12-7-8-15(16,9-12)10-17/h3-6,11-12,17H,7-10,16H2,1-2H3. The Bertz CT molecular complexity index is 405. The van der Waals surface area contributed by atoms with E-state index in [0.29, 0.717) is 5.92 Å². The third-order valence-corrected chi connectivity index (χ3v) is 3.75. The Kier molecular flexibility index (Phi) is 3.93. The van der Waals surface area contributed by atoms with E-state index in [1.54, 1.807) is 0 Å². The molecule has 100 valence electrons. The van der Waals surface area contributed by atoms with Gasteiger partial charge < -0.3 is 15.6 Å². The maximum Gasteiger partial charge on any atom is 0.123 e. The quantitative estimate of drug-likeness (QED) is 0.861. The number of benzene rings is 1. The fraction of sp³-hybridized carbons (Fsp3) is 0.600. The van der Waals surface area contributed by atoms with Crippen molar-refractivity contribution in [2.45, 2.75) is 50.7 Å². The zero-order valence-electron chi connectivity index (χ0n) is 11.2. The SMILES string of the molecule is CC(C)c1ccccc1OC1CCC(N)(CO)C1. The molecule has 1 aromatic rings. The molecule has 0 heterocycles. The van der Waals surface area contributed by atoms with Crippen LogP contribution in [0, 0.1) is 0 Å². The van der Waals surface area contributed by atoms with Crippen LogP contribution < -0.4 is 10.5 Å². The fourth-order valence-electron chi connectivity index (χ4n) is 2.59. The van der Waals surface area contributed by atoms with E-state index in [0.717, 1.165) is 25.0 Å². The van der Waals surface area contributed by atoms with Gasteiger partial charge in [0.2, 0.25) is 0 Å². The molecule has 1 aromatic carbocycles. The van der Waals surface area contributed by atoms with Crippen molar-refractivity contribution in [1.82, 2.24) is 0 Å². The second kappa shape index (κ2) is 5.29. The third kappa shape index (κ3) is 2.85. The van der Waals surface area contributed by atoms with Crippen LogP contribution in [0.5, 0.6) is 5.75 Å².